The van der Waals surface area contributed by atoms with Crippen LogP contribution in [0.15, 0.2) is 29.8 Å². The smallest absolute Gasteiger partial charge is 0.364 e. The number of hydrogen-bond acceptors (Lipinski definition) is 6. The van der Waals surface area contributed by atoms with Crippen molar-refractivity contribution in [2.24, 2.45) is 5.73 Å². The van der Waals surface area contributed by atoms with Gasteiger partial charge in [-0.3, -0.25) is 14.3 Å². The second kappa shape index (κ2) is 7.91. The van der Waals surface area contributed by atoms with Crippen molar-refractivity contribution in [1.29, 1.82) is 0 Å². The minimum absolute atomic E-state index is 0.0271. The van der Waals surface area contributed by atoms with Crippen LogP contribution in [0, 0.1) is 0 Å². The summed E-state index contributed by atoms with van der Waals surface area (Å²) in [5, 5.41) is 11.4. The monoisotopic (exact) mass is 483 g/mol. The van der Waals surface area contributed by atoms with E-state index in [4.69, 9.17) is 17.3 Å². The summed E-state index contributed by atoms with van der Waals surface area (Å²) in [5.41, 5.74) is 3.07. The van der Waals surface area contributed by atoms with Crippen LogP contribution in [0.4, 0.5) is 18.9 Å². The Morgan fingerprint density at radius 2 is 2.03 bits per heavy atom. The van der Waals surface area contributed by atoms with Crippen LogP contribution in [0.25, 0.3) is 16.2 Å². The largest absolute Gasteiger partial charge is 0.433 e. The van der Waals surface area contributed by atoms with Crippen LogP contribution in [0.5, 0.6) is 0 Å². The fourth-order valence-electron chi connectivity index (χ4n) is 2.93. The van der Waals surface area contributed by atoms with E-state index in [1.807, 2.05) is 0 Å². The molecule has 4 aromatic rings. The molecule has 0 saturated carbocycles. The van der Waals surface area contributed by atoms with Crippen LogP contribution in [-0.2, 0) is 12.7 Å². The Hall–Kier alpha value is -3.45. The molecule has 0 unspecified atom stereocenters. The first-order chi connectivity index (χ1) is 15.1. The minimum atomic E-state index is -4.79. The van der Waals surface area contributed by atoms with Crippen molar-refractivity contribution >= 4 is 46.1 Å². The lowest BCUT2D eigenvalue weighted by molar-refractivity contribution is -0.142. The van der Waals surface area contributed by atoms with E-state index in [0.29, 0.717) is 15.9 Å². The van der Waals surface area contributed by atoms with E-state index in [9.17, 15) is 22.8 Å². The zero-order chi connectivity index (χ0) is 23.2. The zero-order valence-corrected chi connectivity index (χ0v) is 17.7. The van der Waals surface area contributed by atoms with Gasteiger partial charge in [0.2, 0.25) is 0 Å². The Bertz CT molecular complexity index is 1350. The molecule has 14 heteroatoms. The lowest BCUT2D eigenvalue weighted by Gasteiger charge is -2.10. The summed E-state index contributed by atoms with van der Waals surface area (Å²) in [6, 6.07) is 4.11. The number of carbonyl (C=O) groups excluding carboxylic acids is 2. The number of primary amides is 1. The number of aryl methyl sites for hydroxylation is 1. The van der Waals surface area contributed by atoms with Crippen molar-refractivity contribution < 1.29 is 22.8 Å². The molecule has 0 aliphatic carbocycles. The molecule has 3 N–H and O–H groups in total. The predicted octanol–water partition coefficient (Wildman–Crippen LogP) is 3.70. The number of halogens is 4. The summed E-state index contributed by atoms with van der Waals surface area (Å²) in [5.74, 6) is -1.85. The molecule has 0 saturated heterocycles. The van der Waals surface area contributed by atoms with Gasteiger partial charge in [0.1, 0.15) is 5.02 Å². The van der Waals surface area contributed by atoms with Gasteiger partial charge in [-0.2, -0.15) is 23.4 Å². The van der Waals surface area contributed by atoms with E-state index in [1.165, 1.54) is 22.2 Å². The Kier molecular flexibility index (Phi) is 5.38. The number of amides is 2. The standard InChI is InChI=1S/C18H13ClF3N7O2S/c1-2-28-7-9(13(26-28)15(23)30)25-17(31)14-12(19)16-24-8(10-4-3-5-32-10)6-11(18(20,21)22)29(16)27-14/h3-7H,2H2,1H3,(H2,23,30)(H,25,31). The number of carbonyl (C=O) groups is 2. The number of hydrogen-bond donors (Lipinski definition) is 2. The number of aromatic nitrogens is 5. The maximum absolute atomic E-state index is 13.7. The van der Waals surface area contributed by atoms with E-state index in [2.05, 4.69) is 20.5 Å². The van der Waals surface area contributed by atoms with Gasteiger partial charge in [0.05, 0.1) is 16.3 Å². The van der Waals surface area contributed by atoms with Gasteiger partial charge >= 0.3 is 6.18 Å². The highest BCUT2D eigenvalue weighted by atomic mass is 35.5. The average Bonchev–Trinajstić information content (AvgIpc) is 3.45. The van der Waals surface area contributed by atoms with E-state index in [-0.39, 0.29) is 27.7 Å². The summed E-state index contributed by atoms with van der Waals surface area (Å²) >= 11 is 7.42. The van der Waals surface area contributed by atoms with Gasteiger partial charge in [-0.25, -0.2) is 9.50 Å². The molecule has 0 radical (unpaired) electrons. The molecule has 0 aromatic carbocycles. The molecule has 0 spiro atoms. The van der Waals surface area contributed by atoms with Gasteiger partial charge < -0.3 is 11.1 Å². The summed E-state index contributed by atoms with van der Waals surface area (Å²) in [7, 11) is 0. The molecule has 0 aliphatic heterocycles. The third-order valence-electron chi connectivity index (χ3n) is 4.38. The number of fused-ring (bicyclic) bond motifs is 1. The first-order valence-corrected chi connectivity index (χ1v) is 10.2. The molecule has 2 amide bonds. The summed E-state index contributed by atoms with van der Waals surface area (Å²) in [4.78, 5) is 29.0. The minimum Gasteiger partial charge on any atom is -0.364 e. The van der Waals surface area contributed by atoms with Crippen LogP contribution in [-0.4, -0.2) is 36.2 Å². The second-order valence-electron chi connectivity index (χ2n) is 6.47. The third kappa shape index (κ3) is 3.80. The van der Waals surface area contributed by atoms with Crippen LogP contribution in [0.3, 0.4) is 0 Å². The number of nitrogens with zero attached hydrogens (tertiary/aromatic N) is 5. The van der Waals surface area contributed by atoms with Gasteiger partial charge in [0.15, 0.2) is 22.7 Å². The molecule has 4 heterocycles. The third-order valence-corrected chi connectivity index (χ3v) is 5.62. The first kappa shape index (κ1) is 21.8. The Labute approximate surface area is 186 Å². The Morgan fingerprint density at radius 1 is 1.28 bits per heavy atom. The molecular formula is C18H13ClF3N7O2S. The zero-order valence-electron chi connectivity index (χ0n) is 16.1. The van der Waals surface area contributed by atoms with Crippen LogP contribution in [0.1, 0.15) is 33.6 Å². The topological polar surface area (TPSA) is 120 Å². The number of nitrogens with two attached hydrogens (primary N) is 1. The predicted molar refractivity (Wildman–Crippen MR) is 111 cm³/mol. The maximum Gasteiger partial charge on any atom is 0.433 e. The molecular weight excluding hydrogens is 471 g/mol. The lowest BCUT2D eigenvalue weighted by Crippen LogP contribution is -2.19. The van der Waals surface area contributed by atoms with Crippen LogP contribution < -0.4 is 11.1 Å². The number of thiophene rings is 1. The van der Waals surface area contributed by atoms with Crippen molar-refractivity contribution in [3.05, 3.63) is 51.9 Å². The fourth-order valence-corrected chi connectivity index (χ4v) is 3.86. The molecule has 4 aromatic heterocycles. The Balaban J connectivity index is 1.82. The van der Waals surface area contributed by atoms with Crippen molar-refractivity contribution in [2.75, 3.05) is 5.32 Å². The maximum atomic E-state index is 13.7. The lowest BCUT2D eigenvalue weighted by atomic mass is 10.2. The van der Waals surface area contributed by atoms with Crippen molar-refractivity contribution in [2.45, 2.75) is 19.6 Å². The van der Waals surface area contributed by atoms with Crippen molar-refractivity contribution in [1.82, 2.24) is 24.4 Å². The van der Waals surface area contributed by atoms with E-state index in [0.717, 1.165) is 6.07 Å². The molecule has 4 rings (SSSR count). The molecule has 0 atom stereocenters. The number of rotatable bonds is 5. The van der Waals surface area contributed by atoms with E-state index < -0.39 is 29.4 Å². The number of nitrogens with one attached hydrogen (secondary N) is 1. The summed E-state index contributed by atoms with van der Waals surface area (Å²) in [6.07, 6.45) is -3.44. The normalized spacial score (nSPS) is 11.8. The molecule has 9 nitrogen and oxygen atoms in total. The highest BCUT2D eigenvalue weighted by molar-refractivity contribution is 7.13. The van der Waals surface area contributed by atoms with E-state index >= 15 is 0 Å². The average molecular weight is 484 g/mol. The van der Waals surface area contributed by atoms with Crippen molar-refractivity contribution in [3.63, 3.8) is 0 Å². The SMILES string of the molecule is CCn1cc(NC(=O)c2nn3c(C(F)(F)F)cc(-c4cccs4)nc3c2Cl)c(C(N)=O)n1. The molecule has 32 heavy (non-hydrogen) atoms. The molecule has 0 aliphatic rings. The number of alkyl halides is 3. The highest BCUT2D eigenvalue weighted by Gasteiger charge is 2.37. The molecule has 0 fully saturated rings. The molecule has 0 bridgehead atoms. The second-order valence-corrected chi connectivity index (χ2v) is 7.79. The van der Waals surface area contributed by atoms with Gasteiger partial charge in [-0.1, -0.05) is 17.7 Å². The van der Waals surface area contributed by atoms with Crippen LogP contribution in [0.2, 0.25) is 5.02 Å². The van der Waals surface area contributed by atoms with Gasteiger partial charge in [-0.05, 0) is 24.4 Å². The molecule has 166 valence electrons. The van der Waals surface area contributed by atoms with Crippen LogP contribution >= 0.6 is 22.9 Å². The van der Waals surface area contributed by atoms with Gasteiger partial charge in [-0.15, -0.1) is 11.3 Å². The Morgan fingerprint density at radius 3 is 2.62 bits per heavy atom. The van der Waals surface area contributed by atoms with Crippen molar-refractivity contribution in [3.8, 4) is 10.6 Å². The summed E-state index contributed by atoms with van der Waals surface area (Å²) < 4.78 is 43.0. The fraction of sp³-hybridized carbons (Fsp3) is 0.167. The van der Waals surface area contributed by atoms with Gasteiger partial charge in [0, 0.05) is 12.7 Å². The quantitative estimate of drug-likeness (QED) is 0.448. The van der Waals surface area contributed by atoms with E-state index in [1.54, 1.807) is 24.4 Å². The summed E-state index contributed by atoms with van der Waals surface area (Å²) in [6.45, 7) is 2.13. The number of anilines is 1. The van der Waals surface area contributed by atoms with Gasteiger partial charge in [0.25, 0.3) is 11.8 Å². The highest BCUT2D eigenvalue weighted by Crippen LogP contribution is 2.35. The first-order valence-electron chi connectivity index (χ1n) is 8.99.